The Kier molecular flexibility index (Phi) is 5.81. The highest BCUT2D eigenvalue weighted by molar-refractivity contribution is 5.81. The molecule has 0 rings (SSSR count). The third-order valence-corrected chi connectivity index (χ3v) is 1.51. The van der Waals surface area contributed by atoms with Crippen LogP contribution >= 0.6 is 0 Å². The predicted octanol–water partition coefficient (Wildman–Crippen LogP) is 0.699. The molecule has 0 spiro atoms. The van der Waals surface area contributed by atoms with E-state index < -0.39 is 23.7 Å². The number of hydrogen-bond donors (Lipinski definition) is 1. The van der Waals surface area contributed by atoms with Crippen molar-refractivity contribution in [2.24, 2.45) is 0 Å². The van der Waals surface area contributed by atoms with Gasteiger partial charge in [0.25, 0.3) is 0 Å². The van der Waals surface area contributed by atoms with E-state index in [-0.39, 0.29) is 6.61 Å². The van der Waals surface area contributed by atoms with Gasteiger partial charge in [-0.3, -0.25) is 0 Å². The molecular weight excluding hydrogens is 214 g/mol. The molecule has 0 saturated heterocycles. The molecule has 0 bridgehead atoms. The second kappa shape index (κ2) is 6.32. The minimum atomic E-state index is -0.857. The third kappa shape index (κ3) is 6.23. The molecule has 0 aliphatic carbocycles. The van der Waals surface area contributed by atoms with Gasteiger partial charge in [-0.05, 0) is 20.8 Å². The van der Waals surface area contributed by atoms with Gasteiger partial charge in [0.05, 0.1) is 13.7 Å². The first-order valence-corrected chi connectivity index (χ1v) is 4.86. The Balaban J connectivity index is 4.29. The number of alkyl carbamates (subject to hydrolysis) is 1. The molecule has 0 aromatic heterocycles. The predicted molar refractivity (Wildman–Crippen MR) is 57.0 cm³/mol. The lowest BCUT2D eigenvalue weighted by molar-refractivity contribution is -0.144. The van der Waals surface area contributed by atoms with E-state index in [1.807, 2.05) is 0 Å². The van der Waals surface area contributed by atoms with Crippen molar-refractivity contribution in [1.29, 1.82) is 0 Å². The summed E-state index contributed by atoms with van der Waals surface area (Å²) in [5, 5.41) is 2.36. The van der Waals surface area contributed by atoms with Gasteiger partial charge in [-0.2, -0.15) is 0 Å². The van der Waals surface area contributed by atoms with Crippen molar-refractivity contribution in [1.82, 2.24) is 5.32 Å². The molecule has 0 aromatic carbocycles. The number of rotatable bonds is 4. The molecule has 1 N–H and O–H groups in total. The number of hydrogen-bond acceptors (Lipinski definition) is 5. The van der Waals surface area contributed by atoms with Gasteiger partial charge in [0.1, 0.15) is 5.60 Å². The van der Waals surface area contributed by atoms with Crippen molar-refractivity contribution in [3.8, 4) is 0 Å². The summed E-state index contributed by atoms with van der Waals surface area (Å²) >= 11 is 0. The van der Waals surface area contributed by atoms with Gasteiger partial charge < -0.3 is 19.5 Å². The summed E-state index contributed by atoms with van der Waals surface area (Å²) in [7, 11) is 2.66. The molecule has 0 saturated carbocycles. The van der Waals surface area contributed by atoms with Crippen LogP contribution in [0.15, 0.2) is 0 Å². The summed E-state index contributed by atoms with van der Waals surface area (Å²) in [5.41, 5.74) is -0.613. The number of amides is 1. The number of ether oxygens (including phenoxy) is 3. The van der Waals surface area contributed by atoms with Crippen LogP contribution in [0, 0.1) is 0 Å². The summed E-state index contributed by atoms with van der Waals surface area (Å²) in [5.74, 6) is -0.576. The van der Waals surface area contributed by atoms with Crippen LogP contribution in [-0.4, -0.2) is 44.5 Å². The van der Waals surface area contributed by atoms with Crippen molar-refractivity contribution in [3.05, 3.63) is 0 Å². The van der Waals surface area contributed by atoms with Crippen LogP contribution in [-0.2, 0) is 19.0 Å². The average molecular weight is 233 g/mol. The van der Waals surface area contributed by atoms with E-state index in [0.29, 0.717) is 0 Å². The van der Waals surface area contributed by atoms with Crippen LogP contribution < -0.4 is 5.32 Å². The lowest BCUT2D eigenvalue weighted by atomic mass is 10.2. The van der Waals surface area contributed by atoms with Gasteiger partial charge in [-0.1, -0.05) is 0 Å². The van der Waals surface area contributed by atoms with Crippen LogP contribution in [0.2, 0.25) is 0 Å². The van der Waals surface area contributed by atoms with Gasteiger partial charge in [0.2, 0.25) is 0 Å². The van der Waals surface area contributed by atoms with Crippen molar-refractivity contribution < 1.29 is 23.8 Å². The molecule has 1 unspecified atom stereocenters. The summed E-state index contributed by atoms with van der Waals surface area (Å²) in [6.07, 6.45) is -0.681. The van der Waals surface area contributed by atoms with Crippen LogP contribution in [0.25, 0.3) is 0 Å². The molecule has 0 radical (unpaired) electrons. The van der Waals surface area contributed by atoms with Gasteiger partial charge >= 0.3 is 12.1 Å². The van der Waals surface area contributed by atoms with Gasteiger partial charge in [0, 0.05) is 7.11 Å². The van der Waals surface area contributed by atoms with Crippen molar-refractivity contribution in [3.63, 3.8) is 0 Å². The lowest BCUT2D eigenvalue weighted by Gasteiger charge is -2.22. The second-order valence-electron chi connectivity index (χ2n) is 4.18. The van der Waals surface area contributed by atoms with Gasteiger partial charge in [0.15, 0.2) is 6.04 Å². The number of carbonyl (C=O) groups excluding carboxylic acids is 2. The highest BCUT2D eigenvalue weighted by atomic mass is 16.6. The summed E-state index contributed by atoms with van der Waals surface area (Å²) in [4.78, 5) is 22.6. The Labute approximate surface area is 95.2 Å². The van der Waals surface area contributed by atoms with E-state index in [2.05, 4.69) is 10.1 Å². The molecule has 0 heterocycles. The molecule has 1 atom stereocenters. The molecular formula is C10H19NO5. The molecule has 0 aliphatic heterocycles. The average Bonchev–Trinajstić information content (AvgIpc) is 2.13. The Bertz CT molecular complexity index is 246. The van der Waals surface area contributed by atoms with Gasteiger partial charge in [-0.25, -0.2) is 9.59 Å². The quantitative estimate of drug-likeness (QED) is 0.723. The maximum absolute atomic E-state index is 11.4. The number of methoxy groups -OCH3 is 2. The van der Waals surface area contributed by atoms with E-state index in [0.717, 1.165) is 0 Å². The Morgan fingerprint density at radius 2 is 1.81 bits per heavy atom. The first-order valence-electron chi connectivity index (χ1n) is 4.86. The number of nitrogens with one attached hydrogen (secondary N) is 1. The largest absolute Gasteiger partial charge is 0.467 e. The fourth-order valence-corrected chi connectivity index (χ4v) is 0.927. The minimum absolute atomic E-state index is 0.0336. The number of esters is 1. The Hall–Kier alpha value is -1.30. The highest BCUT2D eigenvalue weighted by Gasteiger charge is 2.24. The van der Waals surface area contributed by atoms with Crippen LogP contribution in [0.1, 0.15) is 20.8 Å². The fourth-order valence-electron chi connectivity index (χ4n) is 0.927. The summed E-state index contributed by atoms with van der Waals surface area (Å²) in [6, 6.07) is -0.857. The van der Waals surface area contributed by atoms with Crippen LogP contribution in [0.4, 0.5) is 4.79 Å². The second-order valence-corrected chi connectivity index (χ2v) is 4.18. The van der Waals surface area contributed by atoms with E-state index in [1.54, 1.807) is 20.8 Å². The Morgan fingerprint density at radius 1 is 1.25 bits per heavy atom. The fraction of sp³-hybridized carbons (Fsp3) is 0.800. The SMILES string of the molecule is COCC(NC(=O)OC(C)(C)C)C(=O)OC. The minimum Gasteiger partial charge on any atom is -0.467 e. The number of carbonyl (C=O) groups is 2. The molecule has 6 heteroatoms. The molecule has 0 aliphatic rings. The van der Waals surface area contributed by atoms with Crippen LogP contribution in [0.3, 0.4) is 0 Å². The van der Waals surface area contributed by atoms with E-state index in [9.17, 15) is 9.59 Å². The van der Waals surface area contributed by atoms with Crippen molar-refractivity contribution in [2.75, 3.05) is 20.8 Å². The lowest BCUT2D eigenvalue weighted by Crippen LogP contribution is -2.46. The standard InChI is InChI=1S/C10H19NO5/c1-10(2,3)16-9(13)11-7(6-14-4)8(12)15-5/h7H,6H2,1-5H3,(H,11,13). The maximum Gasteiger partial charge on any atom is 0.408 e. The van der Waals surface area contributed by atoms with E-state index >= 15 is 0 Å². The summed E-state index contributed by atoms with van der Waals surface area (Å²) in [6.45, 7) is 5.23. The zero-order valence-electron chi connectivity index (χ0n) is 10.3. The molecule has 16 heavy (non-hydrogen) atoms. The van der Waals surface area contributed by atoms with Crippen molar-refractivity contribution in [2.45, 2.75) is 32.4 Å². The van der Waals surface area contributed by atoms with Gasteiger partial charge in [-0.15, -0.1) is 0 Å². The first-order chi connectivity index (χ1) is 7.30. The molecule has 94 valence electrons. The maximum atomic E-state index is 11.4. The molecule has 1 amide bonds. The smallest absolute Gasteiger partial charge is 0.408 e. The molecule has 0 fully saturated rings. The Morgan fingerprint density at radius 3 is 2.19 bits per heavy atom. The third-order valence-electron chi connectivity index (χ3n) is 1.51. The topological polar surface area (TPSA) is 73.9 Å². The van der Waals surface area contributed by atoms with E-state index in [4.69, 9.17) is 9.47 Å². The molecule has 6 nitrogen and oxygen atoms in total. The normalized spacial score (nSPS) is 12.8. The van der Waals surface area contributed by atoms with Crippen LogP contribution in [0.5, 0.6) is 0 Å². The zero-order chi connectivity index (χ0) is 12.8. The van der Waals surface area contributed by atoms with Crippen molar-refractivity contribution >= 4 is 12.1 Å². The highest BCUT2D eigenvalue weighted by Crippen LogP contribution is 2.06. The monoisotopic (exact) mass is 233 g/mol. The molecule has 0 aromatic rings. The van der Waals surface area contributed by atoms with E-state index in [1.165, 1.54) is 14.2 Å². The zero-order valence-corrected chi connectivity index (χ0v) is 10.3. The first kappa shape index (κ1) is 14.7. The summed E-state index contributed by atoms with van der Waals surface area (Å²) < 4.78 is 14.3.